The first-order valence-electron chi connectivity index (χ1n) is 5.55. The van der Waals surface area contributed by atoms with Crippen LogP contribution < -0.4 is 5.73 Å². The summed E-state index contributed by atoms with van der Waals surface area (Å²) in [5.74, 6) is 2.00. The van der Waals surface area contributed by atoms with Crippen molar-refractivity contribution in [1.82, 2.24) is 14.8 Å². The molecular formula is C11H21N5. The molecule has 3 N–H and O–H groups in total. The molecule has 0 radical (unpaired) electrons. The lowest BCUT2D eigenvalue weighted by Gasteiger charge is -2.22. The third-order valence-electron chi connectivity index (χ3n) is 2.86. The highest BCUT2D eigenvalue weighted by molar-refractivity contribution is 5.82. The van der Waals surface area contributed by atoms with E-state index in [0.29, 0.717) is 0 Å². The third kappa shape index (κ3) is 3.05. The van der Waals surface area contributed by atoms with E-state index >= 15 is 0 Å². The predicted octanol–water partition coefficient (Wildman–Crippen LogP) is 1.64. The second-order valence-electron chi connectivity index (χ2n) is 4.83. The first-order chi connectivity index (χ1) is 7.33. The van der Waals surface area contributed by atoms with E-state index in [1.165, 1.54) is 0 Å². The van der Waals surface area contributed by atoms with E-state index in [-0.39, 0.29) is 11.3 Å². The summed E-state index contributed by atoms with van der Waals surface area (Å²) in [5.41, 5.74) is 5.31. The van der Waals surface area contributed by atoms with Gasteiger partial charge in [0, 0.05) is 12.0 Å². The van der Waals surface area contributed by atoms with E-state index in [4.69, 9.17) is 11.1 Å². The Balaban J connectivity index is 2.48. The molecule has 0 fully saturated rings. The Morgan fingerprint density at radius 2 is 2.06 bits per heavy atom. The van der Waals surface area contributed by atoms with E-state index < -0.39 is 0 Å². The minimum atomic E-state index is -0.219. The maximum absolute atomic E-state index is 7.47. The quantitative estimate of drug-likeness (QED) is 0.588. The zero-order chi connectivity index (χ0) is 12.3. The lowest BCUT2D eigenvalue weighted by atomic mass is 9.87. The first kappa shape index (κ1) is 12.7. The molecule has 0 aliphatic carbocycles. The molecule has 0 aromatic carbocycles. The van der Waals surface area contributed by atoms with Crippen LogP contribution in [0.1, 0.15) is 38.3 Å². The molecular weight excluding hydrogens is 202 g/mol. The van der Waals surface area contributed by atoms with Crippen LogP contribution in [0.15, 0.2) is 0 Å². The second kappa shape index (κ2) is 4.63. The Morgan fingerprint density at radius 3 is 2.50 bits per heavy atom. The van der Waals surface area contributed by atoms with Crippen LogP contribution in [0.3, 0.4) is 0 Å². The van der Waals surface area contributed by atoms with Crippen LogP contribution in [0, 0.1) is 24.7 Å². The summed E-state index contributed by atoms with van der Waals surface area (Å²) in [6, 6.07) is 0. The molecule has 1 aromatic heterocycles. The number of aryl methyl sites for hydroxylation is 3. The molecule has 0 unspecified atom stereocenters. The SMILES string of the molecule is Cc1nc(C)n(CCCC(C)(C)C(=N)N)n1. The summed E-state index contributed by atoms with van der Waals surface area (Å²) < 4.78 is 1.91. The van der Waals surface area contributed by atoms with Crippen LogP contribution in [0.2, 0.25) is 0 Å². The summed E-state index contributed by atoms with van der Waals surface area (Å²) in [4.78, 5) is 4.25. The van der Waals surface area contributed by atoms with Crippen molar-refractivity contribution in [2.45, 2.75) is 47.1 Å². The number of hydrogen-bond acceptors (Lipinski definition) is 3. The molecule has 0 bridgehead atoms. The van der Waals surface area contributed by atoms with Gasteiger partial charge in [0.05, 0.1) is 5.84 Å². The lowest BCUT2D eigenvalue weighted by Crippen LogP contribution is -2.31. The molecule has 1 rings (SSSR count). The molecule has 0 atom stereocenters. The number of aromatic nitrogens is 3. The van der Waals surface area contributed by atoms with Gasteiger partial charge in [-0.1, -0.05) is 13.8 Å². The first-order valence-corrected chi connectivity index (χ1v) is 5.55. The van der Waals surface area contributed by atoms with E-state index in [1.807, 2.05) is 32.4 Å². The standard InChI is InChI=1S/C11H21N5/c1-8-14-9(2)16(15-8)7-5-6-11(3,4)10(12)13/h5-7H2,1-4H3,(H3,12,13). The minimum absolute atomic E-state index is 0.219. The number of nitrogens with one attached hydrogen (secondary N) is 1. The molecule has 5 heteroatoms. The van der Waals surface area contributed by atoms with Gasteiger partial charge in [0.15, 0.2) is 0 Å². The van der Waals surface area contributed by atoms with Gasteiger partial charge in [-0.05, 0) is 26.7 Å². The highest BCUT2D eigenvalue weighted by Crippen LogP contribution is 2.22. The van der Waals surface area contributed by atoms with Crippen molar-refractivity contribution in [3.63, 3.8) is 0 Å². The third-order valence-corrected chi connectivity index (χ3v) is 2.86. The highest BCUT2D eigenvalue weighted by atomic mass is 15.3. The largest absolute Gasteiger partial charge is 0.387 e. The van der Waals surface area contributed by atoms with Crippen molar-refractivity contribution in [3.8, 4) is 0 Å². The van der Waals surface area contributed by atoms with Gasteiger partial charge in [0.1, 0.15) is 11.6 Å². The number of rotatable bonds is 5. The number of hydrogen-bond donors (Lipinski definition) is 2. The summed E-state index contributed by atoms with van der Waals surface area (Å²) >= 11 is 0. The lowest BCUT2D eigenvalue weighted by molar-refractivity contribution is 0.416. The van der Waals surface area contributed by atoms with Crippen LogP contribution in [0.25, 0.3) is 0 Å². The van der Waals surface area contributed by atoms with Crippen molar-refractivity contribution in [3.05, 3.63) is 11.6 Å². The van der Waals surface area contributed by atoms with Crippen LogP contribution in [-0.2, 0) is 6.54 Å². The molecule has 16 heavy (non-hydrogen) atoms. The van der Waals surface area contributed by atoms with Crippen LogP contribution in [0.4, 0.5) is 0 Å². The van der Waals surface area contributed by atoms with E-state index in [9.17, 15) is 0 Å². The van der Waals surface area contributed by atoms with Gasteiger partial charge in [0.2, 0.25) is 0 Å². The highest BCUT2D eigenvalue weighted by Gasteiger charge is 2.20. The van der Waals surface area contributed by atoms with E-state index in [1.54, 1.807) is 0 Å². The number of nitrogens with zero attached hydrogens (tertiary/aromatic N) is 3. The zero-order valence-electron chi connectivity index (χ0n) is 10.5. The normalized spacial score (nSPS) is 11.8. The maximum Gasteiger partial charge on any atom is 0.147 e. The Morgan fingerprint density at radius 1 is 1.44 bits per heavy atom. The summed E-state index contributed by atoms with van der Waals surface area (Å²) in [6.07, 6.45) is 1.84. The van der Waals surface area contributed by atoms with Crippen LogP contribution in [-0.4, -0.2) is 20.6 Å². The predicted molar refractivity (Wildman–Crippen MR) is 64.4 cm³/mol. The van der Waals surface area contributed by atoms with Crippen molar-refractivity contribution in [1.29, 1.82) is 5.41 Å². The number of nitrogens with two attached hydrogens (primary N) is 1. The summed E-state index contributed by atoms with van der Waals surface area (Å²) in [7, 11) is 0. The fraction of sp³-hybridized carbons (Fsp3) is 0.727. The Hall–Kier alpha value is -1.39. The molecule has 0 amide bonds. The Bertz CT molecular complexity index is 378. The smallest absolute Gasteiger partial charge is 0.147 e. The monoisotopic (exact) mass is 223 g/mol. The summed E-state index contributed by atoms with van der Waals surface area (Å²) in [6.45, 7) is 8.67. The van der Waals surface area contributed by atoms with Gasteiger partial charge < -0.3 is 5.73 Å². The molecule has 0 aliphatic heterocycles. The minimum Gasteiger partial charge on any atom is -0.387 e. The van der Waals surface area contributed by atoms with Gasteiger partial charge in [-0.15, -0.1) is 0 Å². The van der Waals surface area contributed by atoms with Crippen molar-refractivity contribution in [2.24, 2.45) is 11.1 Å². The van der Waals surface area contributed by atoms with Gasteiger partial charge in [-0.3, -0.25) is 10.1 Å². The molecule has 1 aromatic rings. The molecule has 5 nitrogen and oxygen atoms in total. The molecule has 0 saturated heterocycles. The maximum atomic E-state index is 7.47. The topological polar surface area (TPSA) is 80.6 Å². The zero-order valence-corrected chi connectivity index (χ0v) is 10.5. The van der Waals surface area contributed by atoms with Crippen molar-refractivity contribution in [2.75, 3.05) is 0 Å². The van der Waals surface area contributed by atoms with Gasteiger partial charge >= 0.3 is 0 Å². The molecule has 0 spiro atoms. The Kier molecular flexibility index (Phi) is 3.67. The average molecular weight is 223 g/mol. The van der Waals surface area contributed by atoms with Gasteiger partial charge in [-0.25, -0.2) is 4.98 Å². The molecule has 0 saturated carbocycles. The number of amidine groups is 1. The Labute approximate surface area is 96.6 Å². The fourth-order valence-electron chi connectivity index (χ4n) is 1.58. The molecule has 90 valence electrons. The van der Waals surface area contributed by atoms with E-state index in [2.05, 4.69) is 10.1 Å². The molecule has 0 aliphatic rings. The second-order valence-corrected chi connectivity index (χ2v) is 4.83. The van der Waals surface area contributed by atoms with Crippen molar-refractivity contribution >= 4 is 5.84 Å². The fourth-order valence-corrected chi connectivity index (χ4v) is 1.58. The van der Waals surface area contributed by atoms with Crippen molar-refractivity contribution < 1.29 is 0 Å². The van der Waals surface area contributed by atoms with Gasteiger partial charge in [-0.2, -0.15) is 5.10 Å². The van der Waals surface area contributed by atoms with Crippen LogP contribution in [0.5, 0.6) is 0 Å². The van der Waals surface area contributed by atoms with E-state index in [0.717, 1.165) is 31.0 Å². The van der Waals surface area contributed by atoms with Crippen LogP contribution >= 0.6 is 0 Å². The average Bonchev–Trinajstić information content (AvgIpc) is 2.44. The van der Waals surface area contributed by atoms with Gasteiger partial charge in [0.25, 0.3) is 0 Å². The summed E-state index contributed by atoms with van der Waals surface area (Å²) in [5, 5.41) is 11.8. The molecule has 1 heterocycles.